The molecular weight excluding hydrogens is 347 g/mol. The number of ether oxygens (including phenoxy) is 1. The van der Waals surface area contributed by atoms with Gasteiger partial charge in [0.2, 0.25) is 5.82 Å². The van der Waals surface area contributed by atoms with Crippen LogP contribution in [-0.4, -0.2) is 43.9 Å². The molecule has 26 heavy (non-hydrogen) atoms. The molecule has 1 aliphatic rings. The Labute approximate surface area is 149 Å². The number of H-pyrrole nitrogens is 1. The van der Waals surface area contributed by atoms with E-state index in [1.165, 1.54) is 0 Å². The summed E-state index contributed by atoms with van der Waals surface area (Å²) in [5.74, 6) is -1.61. The number of Topliss-reactive ketones (excluding diaryl/α,β-unsaturated/α-hetero) is 1. The van der Waals surface area contributed by atoms with Crippen LogP contribution in [0.15, 0.2) is 15.8 Å². The first-order valence-electron chi connectivity index (χ1n) is 8.90. The Balaban J connectivity index is 1.97. The monoisotopic (exact) mass is 372 g/mol. The zero-order valence-electron chi connectivity index (χ0n) is 14.7. The highest BCUT2D eigenvalue weighted by Gasteiger charge is 2.42. The molecule has 0 saturated carbocycles. The summed E-state index contributed by atoms with van der Waals surface area (Å²) in [7, 11) is 0. The highest BCUT2D eigenvalue weighted by molar-refractivity contribution is 5.83. The third-order valence-electron chi connectivity index (χ3n) is 4.54. The molecule has 1 unspecified atom stereocenters. The lowest BCUT2D eigenvalue weighted by Crippen LogP contribution is -2.40. The molecule has 0 radical (unpaired) electrons. The second kappa shape index (κ2) is 9.20. The van der Waals surface area contributed by atoms with E-state index in [9.17, 15) is 29.0 Å². The Bertz CT molecular complexity index is 731. The van der Waals surface area contributed by atoms with E-state index in [0.29, 0.717) is 12.6 Å². The van der Waals surface area contributed by atoms with Gasteiger partial charge in [0.1, 0.15) is 18.4 Å². The summed E-state index contributed by atoms with van der Waals surface area (Å²) >= 11 is 0. The van der Waals surface area contributed by atoms with E-state index < -0.39 is 47.4 Å². The third kappa shape index (κ3) is 4.87. The molecule has 1 aromatic heterocycles. The fourth-order valence-corrected chi connectivity index (χ4v) is 3.04. The summed E-state index contributed by atoms with van der Waals surface area (Å²) in [6.45, 7) is 2.09. The minimum absolute atomic E-state index is 0.114. The van der Waals surface area contributed by atoms with Crippen molar-refractivity contribution in [2.75, 3.05) is 0 Å². The average molecular weight is 372 g/mol. The average Bonchev–Trinajstić information content (AvgIpc) is 2.98. The van der Waals surface area contributed by atoms with Crippen LogP contribution in [0.4, 0.5) is 4.39 Å². The number of ketones is 1. The number of aliphatic hydroxyl groups is 2. The summed E-state index contributed by atoms with van der Waals surface area (Å²) in [5.41, 5.74) is -2.05. The molecule has 9 heteroatoms. The van der Waals surface area contributed by atoms with E-state index >= 15 is 0 Å². The van der Waals surface area contributed by atoms with Crippen molar-refractivity contribution in [1.29, 1.82) is 0 Å². The molecule has 1 fully saturated rings. The van der Waals surface area contributed by atoms with Gasteiger partial charge in [-0.2, -0.15) is 4.39 Å². The first-order valence-corrected chi connectivity index (χ1v) is 8.90. The van der Waals surface area contributed by atoms with Crippen molar-refractivity contribution in [1.82, 2.24) is 9.55 Å². The minimum atomic E-state index is -1.52. The molecule has 2 heterocycles. The topological polar surface area (TPSA) is 122 Å². The Morgan fingerprint density at radius 2 is 2.08 bits per heavy atom. The number of carbonyl (C=O) groups is 1. The van der Waals surface area contributed by atoms with E-state index in [1.54, 1.807) is 4.98 Å². The van der Waals surface area contributed by atoms with E-state index in [4.69, 9.17) is 4.74 Å². The number of carbonyl (C=O) groups excluding carboxylic acids is 1. The highest BCUT2D eigenvalue weighted by atomic mass is 19.1. The smallest absolute Gasteiger partial charge is 0.330 e. The molecule has 2 rings (SSSR count). The van der Waals surface area contributed by atoms with Crippen molar-refractivity contribution in [3.63, 3.8) is 0 Å². The predicted octanol–water partition coefficient (Wildman–Crippen LogP) is 0.615. The number of rotatable bonds is 9. The van der Waals surface area contributed by atoms with Gasteiger partial charge in [-0.15, -0.1) is 0 Å². The van der Waals surface area contributed by atoms with Gasteiger partial charge >= 0.3 is 5.69 Å². The van der Waals surface area contributed by atoms with Gasteiger partial charge in [-0.25, -0.2) is 4.79 Å². The lowest BCUT2D eigenvalue weighted by Gasteiger charge is -2.20. The molecule has 0 amide bonds. The number of nitrogens with zero attached hydrogens (tertiary/aromatic N) is 1. The van der Waals surface area contributed by atoms with Crippen LogP contribution in [-0.2, 0) is 9.53 Å². The zero-order chi connectivity index (χ0) is 19.3. The second-order valence-corrected chi connectivity index (χ2v) is 6.58. The van der Waals surface area contributed by atoms with E-state index in [-0.39, 0.29) is 12.8 Å². The third-order valence-corrected chi connectivity index (χ3v) is 4.54. The molecule has 1 aliphatic heterocycles. The SMILES string of the molecule is CCCCCCCC(=O)C(O)[C@H]1O[C@@H](n2cc(F)c(=O)[nH]c2=O)C[C@@H]1O. The van der Waals surface area contributed by atoms with E-state index in [0.717, 1.165) is 30.3 Å². The van der Waals surface area contributed by atoms with Crippen LogP contribution in [0.2, 0.25) is 0 Å². The van der Waals surface area contributed by atoms with Gasteiger partial charge in [0.15, 0.2) is 5.78 Å². The summed E-state index contributed by atoms with van der Waals surface area (Å²) in [4.78, 5) is 36.8. The Kier molecular flexibility index (Phi) is 7.24. The molecule has 4 atom stereocenters. The van der Waals surface area contributed by atoms with Crippen LogP contribution in [0.1, 0.15) is 58.1 Å². The maximum Gasteiger partial charge on any atom is 0.330 e. The van der Waals surface area contributed by atoms with Crippen LogP contribution in [0, 0.1) is 5.82 Å². The molecule has 8 nitrogen and oxygen atoms in total. The number of aliphatic hydroxyl groups excluding tert-OH is 2. The van der Waals surface area contributed by atoms with Gasteiger partial charge in [0.05, 0.1) is 12.3 Å². The fraction of sp³-hybridized carbons (Fsp3) is 0.706. The van der Waals surface area contributed by atoms with Crippen LogP contribution >= 0.6 is 0 Å². The van der Waals surface area contributed by atoms with Gasteiger partial charge in [0.25, 0.3) is 5.56 Å². The molecule has 3 N–H and O–H groups in total. The van der Waals surface area contributed by atoms with Gasteiger partial charge in [-0.05, 0) is 6.42 Å². The summed E-state index contributed by atoms with van der Waals surface area (Å²) < 4.78 is 19.6. The van der Waals surface area contributed by atoms with Crippen molar-refractivity contribution in [3.05, 3.63) is 32.9 Å². The van der Waals surface area contributed by atoms with Crippen LogP contribution in [0.25, 0.3) is 0 Å². The quantitative estimate of drug-likeness (QED) is 0.546. The summed E-state index contributed by atoms with van der Waals surface area (Å²) in [6.07, 6.45) is 0.469. The van der Waals surface area contributed by atoms with E-state index in [1.807, 2.05) is 0 Å². The maximum atomic E-state index is 13.4. The molecule has 0 spiro atoms. The van der Waals surface area contributed by atoms with Gasteiger partial charge < -0.3 is 14.9 Å². The normalized spacial score (nSPS) is 23.9. The standard InChI is InChI=1S/C17H25FN2O6/c1-2-3-4-5-6-7-11(21)14(23)15-12(22)8-13(26-15)20-9-10(18)16(24)19-17(20)25/h9,12-15,22-23H,2-8H2,1H3,(H,19,24,25)/t12-,13+,14?,15-/m0/s1. The molecular formula is C17H25FN2O6. The zero-order valence-corrected chi connectivity index (χ0v) is 14.7. The predicted molar refractivity (Wildman–Crippen MR) is 90.2 cm³/mol. The number of hydrogen-bond acceptors (Lipinski definition) is 6. The molecule has 1 aromatic rings. The number of halogens is 1. The van der Waals surface area contributed by atoms with Crippen LogP contribution < -0.4 is 11.2 Å². The Morgan fingerprint density at radius 3 is 2.77 bits per heavy atom. The number of aromatic amines is 1. The van der Waals surface area contributed by atoms with Crippen LogP contribution in [0.5, 0.6) is 0 Å². The largest absolute Gasteiger partial charge is 0.390 e. The molecule has 0 aliphatic carbocycles. The molecule has 0 aromatic carbocycles. The second-order valence-electron chi connectivity index (χ2n) is 6.58. The number of hydrogen-bond donors (Lipinski definition) is 3. The molecule has 0 bridgehead atoms. The van der Waals surface area contributed by atoms with Crippen molar-refractivity contribution in [3.8, 4) is 0 Å². The fourth-order valence-electron chi connectivity index (χ4n) is 3.04. The van der Waals surface area contributed by atoms with Gasteiger partial charge in [-0.3, -0.25) is 19.1 Å². The molecule has 1 saturated heterocycles. The highest BCUT2D eigenvalue weighted by Crippen LogP contribution is 2.30. The van der Waals surface area contributed by atoms with Crippen molar-refractivity contribution in [2.45, 2.75) is 76.4 Å². The minimum Gasteiger partial charge on any atom is -0.390 e. The number of aromatic nitrogens is 2. The summed E-state index contributed by atoms with van der Waals surface area (Å²) in [5, 5.41) is 20.2. The summed E-state index contributed by atoms with van der Waals surface area (Å²) in [6, 6.07) is 0. The lowest BCUT2D eigenvalue weighted by atomic mass is 9.99. The van der Waals surface area contributed by atoms with Crippen molar-refractivity contribution < 1.29 is 24.1 Å². The first kappa shape index (κ1) is 20.5. The number of unbranched alkanes of at least 4 members (excludes halogenated alkanes) is 4. The Morgan fingerprint density at radius 1 is 1.38 bits per heavy atom. The van der Waals surface area contributed by atoms with Crippen molar-refractivity contribution >= 4 is 5.78 Å². The van der Waals surface area contributed by atoms with E-state index in [2.05, 4.69) is 6.92 Å². The van der Waals surface area contributed by atoms with Crippen molar-refractivity contribution in [2.24, 2.45) is 0 Å². The van der Waals surface area contributed by atoms with Gasteiger partial charge in [0, 0.05) is 12.8 Å². The Hall–Kier alpha value is -1.84. The van der Waals surface area contributed by atoms with Crippen LogP contribution in [0.3, 0.4) is 0 Å². The maximum absolute atomic E-state index is 13.4. The first-order chi connectivity index (χ1) is 12.3. The van der Waals surface area contributed by atoms with Gasteiger partial charge in [-0.1, -0.05) is 32.6 Å². The number of nitrogens with one attached hydrogen (secondary N) is 1. The molecule has 146 valence electrons. The lowest BCUT2D eigenvalue weighted by molar-refractivity contribution is -0.141.